The number of hydrogen-bond donors (Lipinski definition) is 1. The molecule has 0 bridgehead atoms. The van der Waals surface area contributed by atoms with Crippen LogP contribution < -0.4 is 5.32 Å². The number of amides is 1. The topological polar surface area (TPSA) is 41.6 Å². The fourth-order valence-electron chi connectivity index (χ4n) is 1.73. The normalized spacial score (nSPS) is 19.7. The highest BCUT2D eigenvalue weighted by atomic mass is 16.5. The van der Waals surface area contributed by atoms with Crippen molar-refractivity contribution in [2.24, 2.45) is 0 Å². The lowest BCUT2D eigenvalue weighted by molar-refractivity contribution is -0.109. The van der Waals surface area contributed by atoms with E-state index in [-0.39, 0.29) is 6.10 Å². The summed E-state index contributed by atoms with van der Waals surface area (Å²) in [6.07, 6.45) is 8.15. The third-order valence-corrected chi connectivity index (χ3v) is 2.62. The number of rotatable bonds is 7. The highest BCUT2D eigenvalue weighted by molar-refractivity contribution is 5.45. The summed E-state index contributed by atoms with van der Waals surface area (Å²) in [4.78, 5) is 12.3. The SMILES string of the molecule is COC1C=CC=C(CN(C)CCNC=O)C1. The van der Waals surface area contributed by atoms with Gasteiger partial charge in [0.15, 0.2) is 0 Å². The molecule has 0 fully saturated rings. The van der Waals surface area contributed by atoms with Gasteiger partial charge in [-0.2, -0.15) is 0 Å². The fourth-order valence-corrected chi connectivity index (χ4v) is 1.73. The molecule has 0 heterocycles. The summed E-state index contributed by atoms with van der Waals surface area (Å²) in [5, 5.41) is 2.66. The first-order chi connectivity index (χ1) is 7.76. The summed E-state index contributed by atoms with van der Waals surface area (Å²) in [5.41, 5.74) is 1.36. The Kier molecular flexibility index (Phi) is 5.82. The van der Waals surface area contributed by atoms with Crippen LogP contribution in [0.5, 0.6) is 0 Å². The van der Waals surface area contributed by atoms with Crippen LogP contribution in [0.4, 0.5) is 0 Å². The van der Waals surface area contributed by atoms with Gasteiger partial charge in [0.25, 0.3) is 0 Å². The van der Waals surface area contributed by atoms with Crippen LogP contribution in [0.1, 0.15) is 6.42 Å². The van der Waals surface area contributed by atoms with Crippen molar-refractivity contribution >= 4 is 6.41 Å². The first-order valence-corrected chi connectivity index (χ1v) is 5.51. The van der Waals surface area contributed by atoms with Crippen LogP contribution in [-0.4, -0.2) is 51.2 Å². The Bertz CT molecular complexity index is 274. The molecule has 1 aliphatic rings. The molecule has 1 rings (SSSR count). The van der Waals surface area contributed by atoms with Crippen LogP contribution in [0.3, 0.4) is 0 Å². The molecule has 0 aromatic carbocycles. The van der Waals surface area contributed by atoms with Gasteiger partial charge in [-0.15, -0.1) is 0 Å². The predicted octanol–water partition coefficient (Wildman–Crippen LogP) is 0.565. The summed E-state index contributed by atoms with van der Waals surface area (Å²) in [7, 11) is 3.78. The van der Waals surface area contributed by atoms with Gasteiger partial charge in [-0.3, -0.25) is 4.79 Å². The molecule has 16 heavy (non-hydrogen) atoms. The van der Waals surface area contributed by atoms with Crippen molar-refractivity contribution in [3.63, 3.8) is 0 Å². The molecule has 0 aliphatic heterocycles. The quantitative estimate of drug-likeness (QED) is 0.507. The van der Waals surface area contributed by atoms with Gasteiger partial charge in [-0.25, -0.2) is 0 Å². The molecule has 0 radical (unpaired) electrons. The van der Waals surface area contributed by atoms with E-state index in [1.807, 2.05) is 13.1 Å². The van der Waals surface area contributed by atoms with E-state index in [1.54, 1.807) is 7.11 Å². The van der Waals surface area contributed by atoms with Gasteiger partial charge in [0, 0.05) is 26.7 Å². The minimum atomic E-state index is 0.210. The number of hydrogen-bond acceptors (Lipinski definition) is 3. The zero-order valence-corrected chi connectivity index (χ0v) is 9.98. The Hall–Kier alpha value is -1.13. The highest BCUT2D eigenvalue weighted by Gasteiger charge is 2.11. The lowest BCUT2D eigenvalue weighted by Crippen LogP contribution is -2.30. The summed E-state index contributed by atoms with van der Waals surface area (Å²) >= 11 is 0. The average Bonchev–Trinajstić information content (AvgIpc) is 2.29. The number of allylic oxidation sites excluding steroid dienone is 2. The standard InChI is InChI=1S/C12H20N2O2/c1-14(7-6-13-10-15)9-11-4-3-5-12(8-11)16-2/h3-5,10,12H,6-9H2,1-2H3,(H,13,15). The van der Waals surface area contributed by atoms with E-state index in [4.69, 9.17) is 4.74 Å². The predicted molar refractivity (Wildman–Crippen MR) is 64.2 cm³/mol. The number of carbonyl (C=O) groups is 1. The van der Waals surface area contributed by atoms with Crippen LogP contribution >= 0.6 is 0 Å². The Labute approximate surface area is 97.0 Å². The molecule has 0 aromatic rings. The first kappa shape index (κ1) is 12.9. The van der Waals surface area contributed by atoms with Crippen molar-refractivity contribution in [3.8, 4) is 0 Å². The van der Waals surface area contributed by atoms with E-state index in [2.05, 4.69) is 22.4 Å². The average molecular weight is 224 g/mol. The molecule has 4 nitrogen and oxygen atoms in total. The number of likely N-dealkylation sites (N-methyl/N-ethyl adjacent to an activating group) is 1. The van der Waals surface area contributed by atoms with Crippen LogP contribution in [0.25, 0.3) is 0 Å². The van der Waals surface area contributed by atoms with Crippen molar-refractivity contribution in [2.45, 2.75) is 12.5 Å². The molecule has 1 aliphatic carbocycles. The molecule has 1 N–H and O–H groups in total. The maximum atomic E-state index is 10.1. The lowest BCUT2D eigenvalue weighted by Gasteiger charge is -2.22. The van der Waals surface area contributed by atoms with Crippen molar-refractivity contribution in [2.75, 3.05) is 33.8 Å². The van der Waals surface area contributed by atoms with Crippen LogP contribution in [0.15, 0.2) is 23.8 Å². The Morgan fingerprint density at radius 3 is 3.19 bits per heavy atom. The molecular formula is C12H20N2O2. The second-order valence-electron chi connectivity index (χ2n) is 4.00. The van der Waals surface area contributed by atoms with Gasteiger partial charge >= 0.3 is 0 Å². The van der Waals surface area contributed by atoms with Gasteiger partial charge < -0.3 is 15.0 Å². The molecule has 1 amide bonds. The van der Waals surface area contributed by atoms with E-state index in [1.165, 1.54) is 5.57 Å². The number of carbonyl (C=O) groups excluding carboxylic acids is 1. The summed E-state index contributed by atoms with van der Waals surface area (Å²) in [6.45, 7) is 2.47. The Morgan fingerprint density at radius 2 is 2.50 bits per heavy atom. The second kappa shape index (κ2) is 7.19. The van der Waals surface area contributed by atoms with Crippen LogP contribution in [-0.2, 0) is 9.53 Å². The monoisotopic (exact) mass is 224 g/mol. The van der Waals surface area contributed by atoms with Crippen molar-refractivity contribution in [1.29, 1.82) is 0 Å². The molecule has 1 unspecified atom stereocenters. The first-order valence-electron chi connectivity index (χ1n) is 5.51. The largest absolute Gasteiger partial charge is 0.377 e. The minimum absolute atomic E-state index is 0.210. The van der Waals surface area contributed by atoms with E-state index in [0.29, 0.717) is 6.54 Å². The molecule has 0 aromatic heterocycles. The van der Waals surface area contributed by atoms with Gasteiger partial charge in [0.2, 0.25) is 6.41 Å². The third-order valence-electron chi connectivity index (χ3n) is 2.62. The maximum Gasteiger partial charge on any atom is 0.207 e. The number of nitrogens with one attached hydrogen (secondary N) is 1. The van der Waals surface area contributed by atoms with Crippen molar-refractivity contribution in [3.05, 3.63) is 23.8 Å². The van der Waals surface area contributed by atoms with Crippen molar-refractivity contribution < 1.29 is 9.53 Å². The summed E-state index contributed by atoms with van der Waals surface area (Å²) < 4.78 is 5.30. The van der Waals surface area contributed by atoms with Gasteiger partial charge in [-0.1, -0.05) is 23.8 Å². The fraction of sp³-hybridized carbons (Fsp3) is 0.583. The second-order valence-corrected chi connectivity index (χ2v) is 4.00. The van der Waals surface area contributed by atoms with Crippen LogP contribution in [0.2, 0.25) is 0 Å². The Balaban J connectivity index is 2.28. The third kappa shape index (κ3) is 4.59. The molecule has 4 heteroatoms. The zero-order valence-electron chi connectivity index (χ0n) is 9.98. The Morgan fingerprint density at radius 1 is 1.69 bits per heavy atom. The van der Waals surface area contributed by atoms with Crippen LogP contribution in [0, 0.1) is 0 Å². The lowest BCUT2D eigenvalue weighted by atomic mass is 10.0. The number of ether oxygens (including phenoxy) is 1. The van der Waals surface area contributed by atoms with Gasteiger partial charge in [0.05, 0.1) is 6.10 Å². The van der Waals surface area contributed by atoms with E-state index < -0.39 is 0 Å². The highest BCUT2D eigenvalue weighted by Crippen LogP contribution is 2.15. The molecule has 1 atom stereocenters. The molecular weight excluding hydrogens is 204 g/mol. The van der Waals surface area contributed by atoms with Gasteiger partial charge in [0.1, 0.15) is 0 Å². The maximum absolute atomic E-state index is 10.1. The molecule has 0 saturated carbocycles. The molecule has 90 valence electrons. The molecule has 0 saturated heterocycles. The van der Waals surface area contributed by atoms with E-state index in [9.17, 15) is 4.79 Å². The van der Waals surface area contributed by atoms with Gasteiger partial charge in [-0.05, 0) is 13.5 Å². The summed E-state index contributed by atoms with van der Waals surface area (Å²) in [6, 6.07) is 0. The minimum Gasteiger partial charge on any atom is -0.377 e. The number of methoxy groups -OCH3 is 1. The van der Waals surface area contributed by atoms with Crippen molar-refractivity contribution in [1.82, 2.24) is 10.2 Å². The van der Waals surface area contributed by atoms with E-state index >= 15 is 0 Å². The number of nitrogens with zero attached hydrogens (tertiary/aromatic N) is 1. The smallest absolute Gasteiger partial charge is 0.207 e. The summed E-state index contributed by atoms with van der Waals surface area (Å²) in [5.74, 6) is 0. The molecule has 0 spiro atoms. The van der Waals surface area contributed by atoms with E-state index in [0.717, 1.165) is 25.9 Å². The zero-order chi connectivity index (χ0) is 11.8.